The summed E-state index contributed by atoms with van der Waals surface area (Å²) in [5.74, 6) is 0.736. The molecular formula is C33H30F3N5O3S. The van der Waals surface area contributed by atoms with Crippen LogP contribution in [0.15, 0.2) is 84.1 Å². The van der Waals surface area contributed by atoms with Gasteiger partial charge in [0.05, 0.1) is 17.1 Å². The third-order valence-corrected chi connectivity index (χ3v) is 8.99. The number of nitrogens with zero attached hydrogens (tertiary/aromatic N) is 5. The van der Waals surface area contributed by atoms with E-state index in [4.69, 9.17) is 0 Å². The predicted octanol–water partition coefficient (Wildman–Crippen LogP) is 7.33. The van der Waals surface area contributed by atoms with E-state index in [9.17, 15) is 22.8 Å². The van der Waals surface area contributed by atoms with Crippen LogP contribution < -0.4 is 9.64 Å². The Morgan fingerprint density at radius 2 is 1.80 bits per heavy atom. The summed E-state index contributed by atoms with van der Waals surface area (Å²) in [6.45, 7) is 2.04. The molecule has 1 aliphatic carbocycles. The number of amides is 2. The van der Waals surface area contributed by atoms with E-state index < -0.39 is 6.36 Å². The van der Waals surface area contributed by atoms with E-state index in [0.29, 0.717) is 29.0 Å². The normalized spacial score (nSPS) is 19.4. The molecule has 2 amide bonds. The summed E-state index contributed by atoms with van der Waals surface area (Å²) in [6.07, 6.45) is 0.658. The molecule has 0 radical (unpaired) electrons. The zero-order valence-corrected chi connectivity index (χ0v) is 25.2. The van der Waals surface area contributed by atoms with E-state index in [2.05, 4.69) is 31.9 Å². The molecule has 2 aliphatic rings. The number of alkyl halides is 3. The molecule has 2 atom stereocenters. The van der Waals surface area contributed by atoms with Gasteiger partial charge in [0.1, 0.15) is 12.1 Å². The van der Waals surface area contributed by atoms with E-state index in [1.807, 2.05) is 43.3 Å². The van der Waals surface area contributed by atoms with Gasteiger partial charge in [0.15, 0.2) is 11.0 Å². The Morgan fingerprint density at radius 3 is 2.53 bits per heavy atom. The zero-order chi connectivity index (χ0) is 31.6. The quantitative estimate of drug-likeness (QED) is 0.202. The van der Waals surface area contributed by atoms with Crippen molar-refractivity contribution < 1.29 is 27.5 Å². The number of carbonyl (C=O) groups is 2. The fourth-order valence-corrected chi connectivity index (χ4v) is 6.77. The first-order valence-corrected chi connectivity index (χ1v) is 15.7. The lowest BCUT2D eigenvalue weighted by molar-refractivity contribution is -0.274. The molecule has 6 rings (SSSR count). The van der Waals surface area contributed by atoms with Crippen LogP contribution in [0.2, 0.25) is 0 Å². The van der Waals surface area contributed by atoms with Crippen LogP contribution in [-0.2, 0) is 16.0 Å². The van der Waals surface area contributed by atoms with Gasteiger partial charge in [-0.2, -0.15) is 4.99 Å². The summed E-state index contributed by atoms with van der Waals surface area (Å²) in [4.78, 5) is 36.0. The van der Waals surface area contributed by atoms with Crippen molar-refractivity contribution in [2.45, 2.75) is 51.3 Å². The highest BCUT2D eigenvalue weighted by atomic mass is 32.2. The van der Waals surface area contributed by atoms with Crippen molar-refractivity contribution in [3.05, 3.63) is 90.3 Å². The maximum absolute atomic E-state index is 13.0. The van der Waals surface area contributed by atoms with Gasteiger partial charge in [-0.25, -0.2) is 9.67 Å². The molecule has 232 valence electrons. The largest absolute Gasteiger partial charge is 0.573 e. The number of carbonyl (C=O) groups excluding carboxylic acids is 2. The standard InChI is InChI=1S/C33H30F3N5O3S/c1-2-22-5-3-4-6-28(22)41-30(43)19-45-32(41)38-29(42)18-21-7-8-25(17-21)23-9-11-24(12-10-23)31-37-20-40(39-31)26-13-15-27(16-14-26)44-33(34,35)36/h3-6,9-16,20-21,25H,2,7-8,17-19H2,1H3. The van der Waals surface area contributed by atoms with Gasteiger partial charge in [-0.1, -0.05) is 61.2 Å². The van der Waals surface area contributed by atoms with Crippen molar-refractivity contribution in [3.8, 4) is 22.8 Å². The van der Waals surface area contributed by atoms with Gasteiger partial charge in [-0.05, 0) is 79.0 Å². The van der Waals surface area contributed by atoms with Crippen molar-refractivity contribution in [1.29, 1.82) is 0 Å². The molecule has 12 heteroatoms. The molecule has 2 fully saturated rings. The first-order chi connectivity index (χ1) is 21.7. The number of aliphatic imine (C=N–C) groups is 1. The minimum absolute atomic E-state index is 0.0626. The summed E-state index contributed by atoms with van der Waals surface area (Å²) in [6, 6.07) is 21.1. The Labute approximate surface area is 262 Å². The van der Waals surface area contributed by atoms with Crippen LogP contribution in [0, 0.1) is 5.92 Å². The molecule has 4 aromatic rings. The summed E-state index contributed by atoms with van der Waals surface area (Å²) in [7, 11) is 0. The Kier molecular flexibility index (Phi) is 8.75. The maximum Gasteiger partial charge on any atom is 0.573 e. The summed E-state index contributed by atoms with van der Waals surface area (Å²) < 4.78 is 42.7. The Hall–Kier alpha value is -4.45. The summed E-state index contributed by atoms with van der Waals surface area (Å²) >= 11 is 1.31. The molecule has 2 unspecified atom stereocenters. The zero-order valence-electron chi connectivity index (χ0n) is 24.4. The first-order valence-electron chi connectivity index (χ1n) is 14.7. The second-order valence-corrected chi connectivity index (χ2v) is 12.0. The fourth-order valence-electron chi connectivity index (χ4n) is 5.90. The molecular weight excluding hydrogens is 603 g/mol. The van der Waals surface area contributed by atoms with E-state index in [-0.39, 0.29) is 29.2 Å². The lowest BCUT2D eigenvalue weighted by Crippen LogP contribution is -2.30. The van der Waals surface area contributed by atoms with E-state index in [1.165, 1.54) is 52.6 Å². The molecule has 0 bridgehead atoms. The predicted molar refractivity (Wildman–Crippen MR) is 166 cm³/mol. The maximum atomic E-state index is 13.0. The van der Waals surface area contributed by atoms with Gasteiger partial charge in [0.2, 0.25) is 11.8 Å². The van der Waals surface area contributed by atoms with Crippen LogP contribution in [0.5, 0.6) is 5.75 Å². The number of hydrogen-bond acceptors (Lipinski definition) is 6. The van der Waals surface area contributed by atoms with Gasteiger partial charge in [0.25, 0.3) is 0 Å². The minimum atomic E-state index is -4.75. The average molecular weight is 634 g/mol. The van der Waals surface area contributed by atoms with Gasteiger partial charge in [-0.3, -0.25) is 14.5 Å². The Balaban J connectivity index is 1.06. The third-order valence-electron chi connectivity index (χ3n) is 8.07. The Bertz CT molecular complexity index is 1720. The van der Waals surface area contributed by atoms with Crippen molar-refractivity contribution in [1.82, 2.24) is 14.8 Å². The van der Waals surface area contributed by atoms with Gasteiger partial charge in [0, 0.05) is 12.0 Å². The molecule has 0 spiro atoms. The van der Waals surface area contributed by atoms with Crippen LogP contribution in [0.4, 0.5) is 18.9 Å². The smallest absolute Gasteiger partial charge is 0.406 e. The molecule has 0 N–H and O–H groups in total. The lowest BCUT2D eigenvalue weighted by atomic mass is 9.94. The van der Waals surface area contributed by atoms with Gasteiger partial charge < -0.3 is 4.74 Å². The average Bonchev–Trinajstić information content (AvgIpc) is 3.78. The van der Waals surface area contributed by atoms with Crippen molar-refractivity contribution in [2.75, 3.05) is 10.7 Å². The summed E-state index contributed by atoms with van der Waals surface area (Å²) in [5.41, 5.74) is 4.37. The molecule has 8 nitrogen and oxygen atoms in total. The number of rotatable bonds is 8. The molecule has 2 heterocycles. The van der Waals surface area contributed by atoms with Crippen LogP contribution in [-0.4, -0.2) is 43.9 Å². The van der Waals surface area contributed by atoms with Crippen LogP contribution in [0.3, 0.4) is 0 Å². The monoisotopic (exact) mass is 633 g/mol. The van der Waals surface area contributed by atoms with E-state index >= 15 is 0 Å². The SMILES string of the molecule is CCc1ccccc1N1C(=O)CSC1=NC(=O)CC1CCC(c2ccc(-c3ncn(-c4ccc(OC(F)(F)F)cc4)n3)cc2)C1. The topological polar surface area (TPSA) is 89.7 Å². The van der Waals surface area contributed by atoms with Crippen LogP contribution in [0.25, 0.3) is 17.1 Å². The van der Waals surface area contributed by atoms with E-state index in [1.54, 1.807) is 4.90 Å². The lowest BCUT2D eigenvalue weighted by Gasteiger charge is -2.19. The van der Waals surface area contributed by atoms with Crippen molar-refractivity contribution in [3.63, 3.8) is 0 Å². The second kappa shape index (κ2) is 12.9. The third kappa shape index (κ3) is 7.11. The minimum Gasteiger partial charge on any atom is -0.406 e. The summed E-state index contributed by atoms with van der Waals surface area (Å²) in [5, 5.41) is 4.93. The highest BCUT2D eigenvalue weighted by Crippen LogP contribution is 2.40. The number of anilines is 1. The molecule has 1 aromatic heterocycles. The highest BCUT2D eigenvalue weighted by Gasteiger charge is 2.33. The van der Waals surface area contributed by atoms with Gasteiger partial charge >= 0.3 is 6.36 Å². The number of benzene rings is 3. The number of thioether (sulfide) groups is 1. The molecule has 1 saturated carbocycles. The fraction of sp³-hybridized carbons (Fsp3) is 0.303. The number of aryl methyl sites for hydroxylation is 1. The first kappa shape index (κ1) is 30.6. The number of para-hydroxylation sites is 1. The second-order valence-electron chi connectivity index (χ2n) is 11.0. The molecule has 3 aromatic carbocycles. The number of amidine groups is 1. The number of ether oxygens (including phenoxy) is 1. The number of hydrogen-bond donors (Lipinski definition) is 0. The van der Waals surface area contributed by atoms with Crippen LogP contribution in [0.1, 0.15) is 49.7 Å². The Morgan fingerprint density at radius 1 is 1.04 bits per heavy atom. The number of aromatic nitrogens is 3. The van der Waals surface area contributed by atoms with E-state index in [0.717, 1.165) is 42.5 Å². The van der Waals surface area contributed by atoms with Crippen molar-refractivity contribution in [2.24, 2.45) is 10.9 Å². The number of halogens is 3. The van der Waals surface area contributed by atoms with Crippen LogP contribution >= 0.6 is 11.8 Å². The molecule has 45 heavy (non-hydrogen) atoms. The van der Waals surface area contributed by atoms with Gasteiger partial charge in [-0.15, -0.1) is 18.3 Å². The molecule has 1 aliphatic heterocycles. The highest BCUT2D eigenvalue weighted by molar-refractivity contribution is 8.15. The molecule has 1 saturated heterocycles. The van der Waals surface area contributed by atoms with Crippen molar-refractivity contribution >= 4 is 34.4 Å².